The number of carboxylic acid groups (broad SMARTS) is 1. The number of carboxylic acids is 1. The van der Waals surface area contributed by atoms with Gasteiger partial charge in [-0.2, -0.15) is 13.2 Å². The summed E-state index contributed by atoms with van der Waals surface area (Å²) in [4.78, 5) is 11.1. The Morgan fingerprint density at radius 2 is 2.05 bits per heavy atom. The average molecular weight is 354 g/mol. The fourth-order valence-electron chi connectivity index (χ4n) is 1.70. The first-order valence-corrected chi connectivity index (χ1v) is 6.90. The lowest BCUT2D eigenvalue weighted by atomic mass is 10.1. The highest BCUT2D eigenvalue weighted by Crippen LogP contribution is 2.33. The maximum atomic E-state index is 12.7. The number of hydrogen-bond acceptors (Lipinski definition) is 2. The number of nitrogens with one attached hydrogen (secondary N) is 1. The Balaban J connectivity index is 2.95. The minimum Gasteiger partial charge on any atom is -0.480 e. The van der Waals surface area contributed by atoms with Gasteiger partial charge >= 0.3 is 12.1 Å². The highest BCUT2D eigenvalue weighted by atomic mass is 79.9. The van der Waals surface area contributed by atoms with Crippen molar-refractivity contribution in [1.29, 1.82) is 0 Å². The molecule has 0 aliphatic carbocycles. The van der Waals surface area contributed by atoms with Gasteiger partial charge in [0.15, 0.2) is 0 Å². The van der Waals surface area contributed by atoms with Crippen LogP contribution in [-0.4, -0.2) is 17.1 Å². The lowest BCUT2D eigenvalue weighted by Crippen LogP contribution is -2.29. The third-order valence-corrected chi connectivity index (χ3v) is 3.17. The predicted octanol–water partition coefficient (Wildman–Crippen LogP) is 4.52. The molecule has 0 radical (unpaired) electrons. The second-order valence-electron chi connectivity index (χ2n) is 4.40. The van der Waals surface area contributed by atoms with Crippen LogP contribution in [0.25, 0.3) is 0 Å². The summed E-state index contributed by atoms with van der Waals surface area (Å²) in [5.74, 6) is -1.08. The van der Waals surface area contributed by atoms with Gasteiger partial charge in [0.1, 0.15) is 6.04 Å². The molecule has 0 heterocycles. The topological polar surface area (TPSA) is 49.3 Å². The summed E-state index contributed by atoms with van der Waals surface area (Å²) in [5, 5.41) is 11.7. The molecule has 1 aromatic rings. The second-order valence-corrected chi connectivity index (χ2v) is 5.32. The third-order valence-electron chi connectivity index (χ3n) is 2.71. The number of rotatable bonds is 6. The van der Waals surface area contributed by atoms with Crippen molar-refractivity contribution in [2.75, 3.05) is 5.32 Å². The van der Waals surface area contributed by atoms with Crippen LogP contribution in [0.4, 0.5) is 18.9 Å². The van der Waals surface area contributed by atoms with Gasteiger partial charge in [-0.05, 0) is 24.6 Å². The Kier molecular flexibility index (Phi) is 5.86. The van der Waals surface area contributed by atoms with Crippen molar-refractivity contribution in [2.24, 2.45) is 0 Å². The Labute approximate surface area is 123 Å². The molecule has 3 nitrogen and oxygen atoms in total. The van der Waals surface area contributed by atoms with Crippen molar-refractivity contribution in [3.8, 4) is 0 Å². The van der Waals surface area contributed by atoms with Crippen molar-refractivity contribution >= 4 is 27.6 Å². The first-order chi connectivity index (χ1) is 9.24. The number of carbonyl (C=O) groups is 1. The van der Waals surface area contributed by atoms with Crippen LogP contribution in [0.5, 0.6) is 0 Å². The molecule has 0 bridgehead atoms. The molecule has 20 heavy (non-hydrogen) atoms. The van der Waals surface area contributed by atoms with E-state index >= 15 is 0 Å². The molecule has 1 atom stereocenters. The first kappa shape index (κ1) is 16.8. The molecule has 1 unspecified atom stereocenters. The molecule has 1 aromatic carbocycles. The molecule has 2 N–H and O–H groups in total. The molecule has 0 saturated carbocycles. The molecular formula is C13H15BrF3NO2. The standard InChI is InChI=1S/C13H15BrF3NO2/c1-2-3-4-11(12(19)20)18-10-6-8(13(15,16)17)5-9(14)7-10/h5-7,11,18H,2-4H2,1H3,(H,19,20). The maximum absolute atomic E-state index is 12.7. The van der Waals surface area contributed by atoms with Crippen molar-refractivity contribution in [3.05, 3.63) is 28.2 Å². The molecule has 7 heteroatoms. The Hall–Kier alpha value is -1.24. The zero-order chi connectivity index (χ0) is 15.3. The molecule has 0 aromatic heterocycles. The SMILES string of the molecule is CCCCC(Nc1cc(Br)cc(C(F)(F)F)c1)C(=O)O. The van der Waals surface area contributed by atoms with Crippen LogP contribution in [0.2, 0.25) is 0 Å². The summed E-state index contributed by atoms with van der Waals surface area (Å²) in [6.45, 7) is 1.92. The molecule has 0 aliphatic heterocycles. The van der Waals surface area contributed by atoms with Crippen molar-refractivity contribution in [2.45, 2.75) is 38.4 Å². The second kappa shape index (κ2) is 6.97. The molecule has 0 spiro atoms. The van der Waals surface area contributed by atoms with E-state index in [4.69, 9.17) is 5.11 Å². The van der Waals surface area contributed by atoms with Gasteiger partial charge in [-0.1, -0.05) is 35.7 Å². The molecule has 0 saturated heterocycles. The van der Waals surface area contributed by atoms with E-state index in [-0.39, 0.29) is 10.2 Å². The van der Waals surface area contributed by atoms with Gasteiger partial charge in [-0.25, -0.2) is 4.79 Å². The Morgan fingerprint density at radius 1 is 1.40 bits per heavy atom. The van der Waals surface area contributed by atoms with Gasteiger partial charge in [0, 0.05) is 10.2 Å². The van der Waals surface area contributed by atoms with Crippen LogP contribution in [0.3, 0.4) is 0 Å². The van der Waals surface area contributed by atoms with E-state index in [0.717, 1.165) is 18.6 Å². The summed E-state index contributed by atoms with van der Waals surface area (Å²) in [7, 11) is 0. The lowest BCUT2D eigenvalue weighted by molar-refractivity contribution is -0.138. The highest BCUT2D eigenvalue weighted by Gasteiger charge is 2.31. The molecule has 0 aliphatic rings. The van der Waals surface area contributed by atoms with Crippen molar-refractivity contribution in [3.63, 3.8) is 0 Å². The number of unbranched alkanes of at least 4 members (excludes halogenated alkanes) is 1. The summed E-state index contributed by atoms with van der Waals surface area (Å²) < 4.78 is 38.3. The molecule has 1 rings (SSSR count). The van der Waals surface area contributed by atoms with Crippen LogP contribution in [0.15, 0.2) is 22.7 Å². The van der Waals surface area contributed by atoms with Crippen molar-refractivity contribution < 1.29 is 23.1 Å². The summed E-state index contributed by atoms with van der Waals surface area (Å²) >= 11 is 3.00. The van der Waals surface area contributed by atoms with E-state index in [0.29, 0.717) is 12.8 Å². The molecule has 0 fully saturated rings. The summed E-state index contributed by atoms with van der Waals surface area (Å²) in [6, 6.07) is 2.39. The van der Waals surface area contributed by atoms with Gasteiger partial charge in [0.2, 0.25) is 0 Å². The minimum absolute atomic E-state index is 0.134. The fraction of sp³-hybridized carbons (Fsp3) is 0.462. The third kappa shape index (κ3) is 5.03. The van der Waals surface area contributed by atoms with E-state index in [1.807, 2.05) is 6.92 Å². The number of halogens is 4. The fourth-order valence-corrected chi connectivity index (χ4v) is 2.20. The number of aliphatic carboxylic acids is 1. The first-order valence-electron chi connectivity index (χ1n) is 6.11. The summed E-state index contributed by atoms with van der Waals surface area (Å²) in [6.07, 6.45) is -2.61. The van der Waals surface area contributed by atoms with Gasteiger partial charge < -0.3 is 10.4 Å². The Morgan fingerprint density at radius 3 is 2.55 bits per heavy atom. The predicted molar refractivity (Wildman–Crippen MR) is 73.7 cm³/mol. The monoisotopic (exact) mass is 353 g/mol. The van der Waals surface area contributed by atoms with E-state index in [9.17, 15) is 18.0 Å². The van der Waals surface area contributed by atoms with Crippen LogP contribution in [0, 0.1) is 0 Å². The van der Waals surface area contributed by atoms with Crippen molar-refractivity contribution in [1.82, 2.24) is 0 Å². The van der Waals surface area contributed by atoms with Gasteiger partial charge in [0.05, 0.1) is 5.56 Å². The lowest BCUT2D eigenvalue weighted by Gasteiger charge is -2.17. The zero-order valence-electron chi connectivity index (χ0n) is 10.8. The molecule has 112 valence electrons. The smallest absolute Gasteiger partial charge is 0.416 e. The number of benzene rings is 1. The van der Waals surface area contributed by atoms with Gasteiger partial charge in [0.25, 0.3) is 0 Å². The highest BCUT2D eigenvalue weighted by molar-refractivity contribution is 9.10. The number of anilines is 1. The van der Waals surface area contributed by atoms with Crippen LogP contribution in [-0.2, 0) is 11.0 Å². The minimum atomic E-state index is -4.47. The quantitative estimate of drug-likeness (QED) is 0.790. The van der Waals surface area contributed by atoms with E-state index in [1.165, 1.54) is 6.07 Å². The van der Waals surface area contributed by atoms with Gasteiger partial charge in [-0.3, -0.25) is 0 Å². The largest absolute Gasteiger partial charge is 0.480 e. The van der Waals surface area contributed by atoms with E-state index in [2.05, 4.69) is 21.2 Å². The average Bonchev–Trinajstić information content (AvgIpc) is 2.32. The number of alkyl halides is 3. The molecule has 0 amide bonds. The van der Waals surface area contributed by atoms with E-state index < -0.39 is 23.8 Å². The normalized spacial score (nSPS) is 13.1. The van der Waals surface area contributed by atoms with Crippen LogP contribution >= 0.6 is 15.9 Å². The maximum Gasteiger partial charge on any atom is 0.416 e. The van der Waals surface area contributed by atoms with Gasteiger partial charge in [-0.15, -0.1) is 0 Å². The van der Waals surface area contributed by atoms with Crippen LogP contribution in [0.1, 0.15) is 31.7 Å². The molecular weight excluding hydrogens is 339 g/mol. The van der Waals surface area contributed by atoms with Crippen LogP contribution < -0.4 is 5.32 Å². The zero-order valence-corrected chi connectivity index (χ0v) is 12.4. The van der Waals surface area contributed by atoms with E-state index in [1.54, 1.807) is 0 Å². The summed E-state index contributed by atoms with van der Waals surface area (Å²) in [5.41, 5.74) is -0.691. The number of hydrogen-bond donors (Lipinski definition) is 2. The Bertz CT molecular complexity index is 477.